The molecular formula is C63H122N3O17P. The van der Waals surface area contributed by atoms with Gasteiger partial charge in [-0.3, -0.25) is 18.9 Å². The third-order valence-corrected chi connectivity index (χ3v) is 16.9. The number of unbranched alkanes of at least 4 members (excludes halogenated alkanes) is 32. The van der Waals surface area contributed by atoms with E-state index in [1.54, 1.807) is 0 Å². The van der Waals surface area contributed by atoms with E-state index in [1.807, 2.05) is 0 Å². The molecule has 0 bridgehead atoms. The Balaban J connectivity index is 2.25. The number of carbonyl (C=O) groups excluding carboxylic acids is 3. The van der Waals surface area contributed by atoms with Gasteiger partial charge in [-0.25, -0.2) is 4.57 Å². The van der Waals surface area contributed by atoms with Gasteiger partial charge in [0.25, 0.3) is 0 Å². The van der Waals surface area contributed by atoms with Crippen molar-refractivity contribution in [3.8, 4) is 0 Å². The molecule has 2 saturated heterocycles. The van der Waals surface area contributed by atoms with Gasteiger partial charge in [-0.05, 0) is 45.1 Å². The van der Waals surface area contributed by atoms with E-state index in [1.165, 1.54) is 89.9 Å². The summed E-state index contributed by atoms with van der Waals surface area (Å²) in [5.74, 6) is -1.70. The Hall–Kier alpha value is -1.88. The number of aliphatic hydroxyl groups is 5. The molecule has 0 saturated carbocycles. The smallest absolute Gasteiger partial charge is 0.462 e. The number of phosphoric ester groups is 1. The predicted molar refractivity (Wildman–Crippen MR) is 326 cm³/mol. The zero-order valence-electron chi connectivity index (χ0n) is 52.5. The Morgan fingerprint density at radius 2 is 0.940 bits per heavy atom. The van der Waals surface area contributed by atoms with Crippen LogP contribution in [0.25, 0.3) is 0 Å². The van der Waals surface area contributed by atoms with Crippen LogP contribution in [0.2, 0.25) is 0 Å². The minimum Gasteiger partial charge on any atom is -0.462 e. The molecule has 2 aliphatic rings. The summed E-state index contributed by atoms with van der Waals surface area (Å²) < 4.78 is 47.6. The largest absolute Gasteiger partial charge is 0.470 e. The van der Waals surface area contributed by atoms with E-state index in [0.29, 0.717) is 38.6 Å². The molecule has 84 heavy (non-hydrogen) atoms. The second kappa shape index (κ2) is 49.9. The van der Waals surface area contributed by atoms with Gasteiger partial charge in [-0.2, -0.15) is 0 Å². The minimum atomic E-state index is -5.32. The normalized spacial score (nSPS) is 23.6. The number of esters is 1. The van der Waals surface area contributed by atoms with Crippen molar-refractivity contribution in [2.45, 2.75) is 358 Å². The van der Waals surface area contributed by atoms with Crippen LogP contribution in [-0.2, 0) is 47.2 Å². The Kier molecular flexibility index (Phi) is 46.5. The van der Waals surface area contributed by atoms with Crippen LogP contribution in [0.1, 0.15) is 284 Å². The summed E-state index contributed by atoms with van der Waals surface area (Å²) in [6.07, 6.45) is 23.9. The fourth-order valence-electron chi connectivity index (χ4n) is 11.3. The van der Waals surface area contributed by atoms with Crippen LogP contribution >= 0.6 is 7.82 Å². The van der Waals surface area contributed by atoms with Gasteiger partial charge in [0.2, 0.25) is 11.8 Å². The molecule has 0 aromatic rings. The van der Waals surface area contributed by atoms with Gasteiger partial charge >= 0.3 is 13.8 Å². The monoisotopic (exact) mass is 1220 g/mol. The van der Waals surface area contributed by atoms with Crippen LogP contribution in [0.4, 0.5) is 0 Å². The SMILES string of the molecule is CCCCCCCCCCCC(=O)O[C@H](CCCCCCCCCCC)CC(=O)N[C@H]1[C@H](OC[C@H]2O[C@H](OCCCCCCCCCCCN)[C@H](NC(=O)C[C@H](O)CCCCCCCCCCC)[C@@H](O)[C@@H]2O)O[C@H](CO)[C@@H](OP(=O)(O)O)[C@@H]1O. The predicted octanol–water partition coefficient (Wildman–Crippen LogP) is 10.3. The highest BCUT2D eigenvalue weighted by molar-refractivity contribution is 7.46. The lowest BCUT2D eigenvalue weighted by Gasteiger charge is -2.45. The highest BCUT2D eigenvalue weighted by Crippen LogP contribution is 2.42. The fraction of sp³-hybridized carbons (Fsp3) is 0.952. The van der Waals surface area contributed by atoms with Gasteiger partial charge in [0.15, 0.2) is 12.6 Å². The summed E-state index contributed by atoms with van der Waals surface area (Å²) in [6.45, 7) is 5.98. The minimum absolute atomic E-state index is 0.186. The number of nitrogens with two attached hydrogens (primary N) is 1. The second-order valence-corrected chi connectivity index (χ2v) is 25.3. The number of hydrogen-bond donors (Lipinski definition) is 10. The van der Waals surface area contributed by atoms with E-state index in [2.05, 4.69) is 31.4 Å². The average Bonchev–Trinajstić information content (AvgIpc) is 3.62. The molecule has 0 unspecified atom stereocenters. The van der Waals surface area contributed by atoms with Gasteiger partial charge in [0.1, 0.15) is 54.8 Å². The van der Waals surface area contributed by atoms with Crippen molar-refractivity contribution in [3.05, 3.63) is 0 Å². The van der Waals surface area contributed by atoms with E-state index < -0.39 is 112 Å². The molecule has 2 fully saturated rings. The zero-order valence-corrected chi connectivity index (χ0v) is 53.4. The lowest BCUT2D eigenvalue weighted by Crippen LogP contribution is -2.67. The molecule has 21 heteroatoms. The summed E-state index contributed by atoms with van der Waals surface area (Å²) in [5, 5.41) is 61.6. The number of amides is 2. The van der Waals surface area contributed by atoms with Crippen LogP contribution in [-0.4, -0.2) is 153 Å². The molecule has 2 heterocycles. The third-order valence-electron chi connectivity index (χ3n) is 16.4. The van der Waals surface area contributed by atoms with Crippen molar-refractivity contribution in [1.82, 2.24) is 10.6 Å². The molecule has 11 N–H and O–H groups in total. The molecule has 496 valence electrons. The first-order chi connectivity index (χ1) is 40.6. The number of rotatable bonds is 55. The lowest BCUT2D eigenvalue weighted by atomic mass is 9.95. The summed E-state index contributed by atoms with van der Waals surface area (Å²) in [7, 11) is -5.32. The Morgan fingerprint density at radius 1 is 0.524 bits per heavy atom. The molecule has 2 amide bonds. The number of phosphoric acid groups is 1. The highest BCUT2D eigenvalue weighted by Gasteiger charge is 2.51. The molecule has 0 aromatic heterocycles. The molecule has 0 aliphatic carbocycles. The van der Waals surface area contributed by atoms with Gasteiger partial charge in [0.05, 0.1) is 32.2 Å². The van der Waals surface area contributed by atoms with Gasteiger partial charge in [-0.1, -0.05) is 226 Å². The van der Waals surface area contributed by atoms with Crippen LogP contribution in [0, 0.1) is 0 Å². The molecule has 0 aromatic carbocycles. The third kappa shape index (κ3) is 37.2. The number of ether oxygens (including phenoxy) is 5. The van der Waals surface area contributed by atoms with Gasteiger partial charge in [0, 0.05) is 13.0 Å². The Bertz CT molecular complexity index is 1670. The molecule has 2 aliphatic heterocycles. The molecule has 12 atom stereocenters. The maximum Gasteiger partial charge on any atom is 0.470 e. The molecular weight excluding hydrogens is 1100 g/mol. The second-order valence-electron chi connectivity index (χ2n) is 24.1. The number of hydrogen-bond acceptors (Lipinski definition) is 16. The number of aliphatic hydroxyl groups excluding tert-OH is 5. The van der Waals surface area contributed by atoms with Crippen LogP contribution in [0.15, 0.2) is 0 Å². The highest BCUT2D eigenvalue weighted by atomic mass is 31.2. The zero-order chi connectivity index (χ0) is 61.6. The molecule has 2 rings (SSSR count). The summed E-state index contributed by atoms with van der Waals surface area (Å²) in [4.78, 5) is 60.5. The van der Waals surface area contributed by atoms with Crippen molar-refractivity contribution in [2.24, 2.45) is 5.73 Å². The first-order valence-electron chi connectivity index (χ1n) is 33.7. The molecule has 20 nitrogen and oxygen atoms in total. The van der Waals surface area contributed by atoms with Crippen molar-refractivity contribution < 1.29 is 82.5 Å². The van der Waals surface area contributed by atoms with Crippen LogP contribution in [0.5, 0.6) is 0 Å². The first kappa shape index (κ1) is 78.2. The summed E-state index contributed by atoms with van der Waals surface area (Å²) in [6, 6.07) is -2.87. The van der Waals surface area contributed by atoms with Crippen molar-refractivity contribution in [3.63, 3.8) is 0 Å². The van der Waals surface area contributed by atoms with Crippen molar-refractivity contribution in [1.29, 1.82) is 0 Å². The van der Waals surface area contributed by atoms with E-state index in [4.69, 9.17) is 33.9 Å². The first-order valence-corrected chi connectivity index (χ1v) is 35.2. The van der Waals surface area contributed by atoms with E-state index in [0.717, 1.165) is 122 Å². The van der Waals surface area contributed by atoms with E-state index in [-0.39, 0.29) is 25.9 Å². The Morgan fingerprint density at radius 3 is 1.43 bits per heavy atom. The number of carbonyl (C=O) groups is 3. The van der Waals surface area contributed by atoms with Crippen LogP contribution in [0.3, 0.4) is 0 Å². The maximum absolute atomic E-state index is 14.1. The molecule has 0 spiro atoms. The number of nitrogens with one attached hydrogen (secondary N) is 2. The maximum atomic E-state index is 14.1. The lowest BCUT2D eigenvalue weighted by molar-refractivity contribution is -0.302. The average molecular weight is 1220 g/mol. The van der Waals surface area contributed by atoms with Gasteiger partial charge < -0.3 is 75.4 Å². The van der Waals surface area contributed by atoms with Crippen molar-refractivity contribution >= 4 is 25.6 Å². The fourth-order valence-corrected chi connectivity index (χ4v) is 11.9. The quantitative estimate of drug-likeness (QED) is 0.0154. The van der Waals surface area contributed by atoms with Crippen LogP contribution < -0.4 is 16.4 Å². The standard InChI is InChI=1S/C63H122N3O17P/c1-4-7-10-13-16-20-25-30-35-40-49(68)45-53(69)65-56-59(73)58(72)52(82-62(56)78-44-39-34-29-24-19-23-28-33-38-43-64)48-79-63-57(60(74)61(51(47-67)81-63)83-84(75,76)77)66-54(70)46-50(41-36-31-26-21-17-14-11-8-5-2)80-55(71)42-37-32-27-22-18-15-12-9-6-3/h49-52,56-63,67-68,72-74H,4-48,64H2,1-3H3,(H,65,69)(H,66,70)(H2,75,76,77)/t49-,50-,51-,52-,56-,57-,58-,59-,60-,61-,62+,63-/m1/s1. The van der Waals surface area contributed by atoms with E-state index >= 15 is 0 Å². The van der Waals surface area contributed by atoms with Crippen molar-refractivity contribution in [2.75, 3.05) is 26.4 Å². The summed E-state index contributed by atoms with van der Waals surface area (Å²) in [5.41, 5.74) is 5.63. The summed E-state index contributed by atoms with van der Waals surface area (Å²) >= 11 is 0. The Labute approximate surface area is 506 Å². The van der Waals surface area contributed by atoms with Gasteiger partial charge in [-0.15, -0.1) is 0 Å². The topological polar surface area (TPSA) is 315 Å². The van der Waals surface area contributed by atoms with E-state index in [9.17, 15) is 54.3 Å². The molecule has 0 radical (unpaired) electrons.